The summed E-state index contributed by atoms with van der Waals surface area (Å²) >= 11 is 0. The standard InChI is InChI=1S/C31H33FN4O4/c1-19-8-10-20(11-9-19)21-6-5-7-25(16-21)34-27-26(17-22(32)18-33-27)28(37)35(29(34)38)23-12-14-24(15-13-23)36(30(39)40)31(2,3)4/h5-11,16-18,23-24H,12-15H2,1-4H3,(H,39,40)/t23-,24+. The number of aromatic nitrogens is 3. The van der Waals surface area contributed by atoms with Gasteiger partial charge in [0.05, 0.1) is 17.3 Å². The lowest BCUT2D eigenvalue weighted by molar-refractivity contribution is 0.0506. The van der Waals surface area contributed by atoms with E-state index in [1.165, 1.54) is 14.0 Å². The molecule has 4 aromatic rings. The van der Waals surface area contributed by atoms with Gasteiger partial charge >= 0.3 is 11.8 Å². The third-order valence-electron chi connectivity index (χ3n) is 7.71. The van der Waals surface area contributed by atoms with Gasteiger partial charge in [0.2, 0.25) is 0 Å². The molecule has 2 heterocycles. The van der Waals surface area contributed by atoms with Crippen LogP contribution in [0.25, 0.3) is 27.8 Å². The van der Waals surface area contributed by atoms with Gasteiger partial charge in [-0.1, -0.05) is 42.0 Å². The third-order valence-corrected chi connectivity index (χ3v) is 7.71. The van der Waals surface area contributed by atoms with Crippen molar-refractivity contribution in [2.75, 3.05) is 0 Å². The summed E-state index contributed by atoms with van der Waals surface area (Å²) in [6.45, 7) is 7.57. The Morgan fingerprint density at radius 2 is 1.68 bits per heavy atom. The Kier molecular flexibility index (Phi) is 7.08. The van der Waals surface area contributed by atoms with E-state index in [2.05, 4.69) is 4.98 Å². The van der Waals surface area contributed by atoms with Crippen molar-refractivity contribution >= 4 is 17.1 Å². The van der Waals surface area contributed by atoms with Crippen LogP contribution < -0.4 is 11.2 Å². The zero-order chi connectivity index (χ0) is 28.8. The van der Waals surface area contributed by atoms with E-state index in [1.807, 2.05) is 70.2 Å². The van der Waals surface area contributed by atoms with Crippen LogP contribution in [-0.2, 0) is 0 Å². The van der Waals surface area contributed by atoms with E-state index < -0.39 is 34.7 Å². The third kappa shape index (κ3) is 5.03. The van der Waals surface area contributed by atoms with Crippen molar-refractivity contribution in [3.63, 3.8) is 0 Å². The van der Waals surface area contributed by atoms with Crippen LogP contribution in [0.2, 0.25) is 0 Å². The highest BCUT2D eigenvalue weighted by molar-refractivity contribution is 5.76. The number of nitrogens with zero attached hydrogens (tertiary/aromatic N) is 4. The maximum absolute atomic E-state index is 14.3. The highest BCUT2D eigenvalue weighted by atomic mass is 19.1. The van der Waals surface area contributed by atoms with E-state index >= 15 is 0 Å². The quantitative estimate of drug-likeness (QED) is 0.344. The van der Waals surface area contributed by atoms with E-state index in [1.54, 1.807) is 6.07 Å². The van der Waals surface area contributed by atoms with Gasteiger partial charge in [-0.05, 0) is 82.7 Å². The van der Waals surface area contributed by atoms with Gasteiger partial charge in [0.15, 0.2) is 5.65 Å². The van der Waals surface area contributed by atoms with E-state index in [-0.39, 0.29) is 17.1 Å². The van der Waals surface area contributed by atoms with Gasteiger partial charge in [-0.25, -0.2) is 23.5 Å². The van der Waals surface area contributed by atoms with E-state index in [0.29, 0.717) is 31.4 Å². The van der Waals surface area contributed by atoms with Gasteiger partial charge in [0, 0.05) is 17.6 Å². The van der Waals surface area contributed by atoms with Gasteiger partial charge in [0.1, 0.15) is 5.82 Å². The van der Waals surface area contributed by atoms with Crippen molar-refractivity contribution in [2.24, 2.45) is 0 Å². The fraction of sp³-hybridized carbons (Fsp3) is 0.355. The Labute approximate surface area is 231 Å². The van der Waals surface area contributed by atoms with E-state index in [4.69, 9.17) is 0 Å². The minimum absolute atomic E-state index is 0.0179. The molecule has 0 spiro atoms. The molecule has 8 nitrogen and oxygen atoms in total. The molecule has 5 rings (SSSR count). The summed E-state index contributed by atoms with van der Waals surface area (Å²) in [5.74, 6) is -0.666. The second-order valence-electron chi connectivity index (χ2n) is 11.5. The topological polar surface area (TPSA) is 97.4 Å². The fourth-order valence-electron chi connectivity index (χ4n) is 5.87. The Hall–Kier alpha value is -4.27. The van der Waals surface area contributed by atoms with Crippen molar-refractivity contribution in [1.29, 1.82) is 0 Å². The van der Waals surface area contributed by atoms with Crippen LogP contribution in [-0.4, -0.2) is 41.8 Å². The summed E-state index contributed by atoms with van der Waals surface area (Å²) in [4.78, 5) is 45.3. The number of halogens is 1. The maximum atomic E-state index is 14.3. The SMILES string of the molecule is Cc1ccc(-c2cccc(-n3c(=O)n([C@H]4CC[C@@H](N(C(=O)O)C(C)(C)C)CC4)c(=O)c4cc(F)cnc43)c2)cc1. The first-order valence-corrected chi connectivity index (χ1v) is 13.5. The number of pyridine rings is 1. The van der Waals surface area contributed by atoms with Crippen LogP contribution >= 0.6 is 0 Å². The molecule has 0 saturated heterocycles. The van der Waals surface area contributed by atoms with Gasteiger partial charge in [-0.2, -0.15) is 0 Å². The lowest BCUT2D eigenvalue weighted by Gasteiger charge is -2.42. The number of aryl methyl sites for hydroxylation is 1. The number of amides is 1. The van der Waals surface area contributed by atoms with Gasteiger partial charge in [-0.15, -0.1) is 0 Å². The molecule has 1 N–H and O–H groups in total. The van der Waals surface area contributed by atoms with Gasteiger partial charge in [-0.3, -0.25) is 9.36 Å². The predicted molar refractivity (Wildman–Crippen MR) is 153 cm³/mol. The molecule has 1 fully saturated rings. The predicted octanol–water partition coefficient (Wildman–Crippen LogP) is 5.92. The van der Waals surface area contributed by atoms with Crippen molar-refractivity contribution in [1.82, 2.24) is 19.0 Å². The van der Waals surface area contributed by atoms with Crippen LogP contribution in [0.5, 0.6) is 0 Å². The second kappa shape index (κ2) is 10.4. The second-order valence-corrected chi connectivity index (χ2v) is 11.5. The van der Waals surface area contributed by atoms with Gasteiger partial charge in [0.25, 0.3) is 5.56 Å². The summed E-state index contributed by atoms with van der Waals surface area (Å²) in [7, 11) is 0. The first-order valence-electron chi connectivity index (χ1n) is 13.5. The molecule has 1 aliphatic rings. The Bertz CT molecular complexity index is 1690. The molecular weight excluding hydrogens is 511 g/mol. The molecule has 40 heavy (non-hydrogen) atoms. The molecule has 2 aromatic carbocycles. The summed E-state index contributed by atoms with van der Waals surface area (Å²) in [6.07, 6.45) is 1.90. The highest BCUT2D eigenvalue weighted by Crippen LogP contribution is 2.33. The molecule has 9 heteroatoms. The van der Waals surface area contributed by atoms with Gasteiger partial charge < -0.3 is 10.0 Å². The molecular formula is C31H33FN4O4. The average molecular weight is 545 g/mol. The minimum atomic E-state index is -0.990. The monoisotopic (exact) mass is 544 g/mol. The van der Waals surface area contributed by atoms with Crippen molar-refractivity contribution in [3.05, 3.63) is 93.0 Å². The molecule has 0 radical (unpaired) electrons. The summed E-state index contributed by atoms with van der Waals surface area (Å²) in [5.41, 5.74) is 1.86. The normalized spacial score (nSPS) is 17.6. The number of carbonyl (C=O) groups is 1. The minimum Gasteiger partial charge on any atom is -0.465 e. The molecule has 2 aromatic heterocycles. The lowest BCUT2D eigenvalue weighted by Crippen LogP contribution is -2.53. The number of rotatable bonds is 4. The Morgan fingerprint density at radius 1 is 1.00 bits per heavy atom. The smallest absolute Gasteiger partial charge is 0.407 e. The van der Waals surface area contributed by atoms with Crippen LogP contribution in [0.3, 0.4) is 0 Å². The zero-order valence-electron chi connectivity index (χ0n) is 23.1. The highest BCUT2D eigenvalue weighted by Gasteiger charge is 2.36. The Morgan fingerprint density at radius 3 is 2.30 bits per heavy atom. The summed E-state index contributed by atoms with van der Waals surface area (Å²) in [6, 6.07) is 15.9. The van der Waals surface area contributed by atoms with Crippen LogP contribution in [0.4, 0.5) is 9.18 Å². The largest absolute Gasteiger partial charge is 0.465 e. The van der Waals surface area contributed by atoms with Crippen molar-refractivity contribution in [3.8, 4) is 16.8 Å². The number of benzene rings is 2. The first kappa shape index (κ1) is 27.3. The maximum Gasteiger partial charge on any atom is 0.407 e. The summed E-state index contributed by atoms with van der Waals surface area (Å²) < 4.78 is 16.9. The van der Waals surface area contributed by atoms with Crippen molar-refractivity contribution in [2.45, 2.75) is 71.0 Å². The number of hydrogen-bond donors (Lipinski definition) is 1. The van der Waals surface area contributed by atoms with Crippen molar-refractivity contribution < 1.29 is 14.3 Å². The number of carboxylic acid groups (broad SMARTS) is 1. The van der Waals surface area contributed by atoms with Crippen LogP contribution in [0.1, 0.15) is 58.1 Å². The van der Waals surface area contributed by atoms with Crippen LogP contribution in [0.15, 0.2) is 70.4 Å². The molecule has 208 valence electrons. The fourth-order valence-corrected chi connectivity index (χ4v) is 5.87. The molecule has 1 amide bonds. The van der Waals surface area contributed by atoms with Crippen LogP contribution in [0, 0.1) is 12.7 Å². The summed E-state index contributed by atoms with van der Waals surface area (Å²) in [5, 5.41) is 9.85. The number of fused-ring (bicyclic) bond motifs is 1. The van der Waals surface area contributed by atoms with E-state index in [9.17, 15) is 23.9 Å². The molecule has 0 unspecified atom stereocenters. The average Bonchev–Trinajstić information content (AvgIpc) is 2.90. The molecule has 1 saturated carbocycles. The molecule has 0 aliphatic heterocycles. The zero-order valence-corrected chi connectivity index (χ0v) is 23.1. The number of hydrogen-bond acceptors (Lipinski definition) is 4. The lowest BCUT2D eigenvalue weighted by atomic mass is 9.88. The molecule has 0 atom stereocenters. The first-order chi connectivity index (χ1) is 19.0. The Balaban J connectivity index is 1.61. The molecule has 1 aliphatic carbocycles. The van der Waals surface area contributed by atoms with E-state index in [0.717, 1.165) is 29.0 Å². The molecule has 0 bridgehead atoms.